The summed E-state index contributed by atoms with van der Waals surface area (Å²) in [4.78, 5) is 20.1. The van der Waals surface area contributed by atoms with Gasteiger partial charge in [0, 0.05) is 43.0 Å². The minimum atomic E-state index is 0.0590. The van der Waals surface area contributed by atoms with Gasteiger partial charge < -0.3 is 19.9 Å². The number of amides is 1. The van der Waals surface area contributed by atoms with Gasteiger partial charge in [-0.15, -0.1) is 0 Å². The van der Waals surface area contributed by atoms with Crippen molar-refractivity contribution in [3.63, 3.8) is 0 Å². The minimum Gasteiger partial charge on any atom is -0.378 e. The molecule has 0 radical (unpaired) electrons. The van der Waals surface area contributed by atoms with Gasteiger partial charge in [0.25, 0.3) is 5.91 Å². The number of hydrogen-bond acceptors (Lipinski definition) is 5. The van der Waals surface area contributed by atoms with Crippen LogP contribution in [0.2, 0.25) is 0 Å². The Hall–Kier alpha value is -1.63. The fourth-order valence-electron chi connectivity index (χ4n) is 4.73. The van der Waals surface area contributed by atoms with Crippen LogP contribution in [0.3, 0.4) is 0 Å². The second-order valence-corrected chi connectivity index (χ2v) is 8.49. The molecule has 3 heterocycles. The van der Waals surface area contributed by atoms with Crippen molar-refractivity contribution < 1.29 is 9.53 Å². The van der Waals surface area contributed by atoms with Gasteiger partial charge >= 0.3 is 0 Å². The Morgan fingerprint density at radius 1 is 1.00 bits per heavy atom. The van der Waals surface area contributed by atoms with E-state index in [0.29, 0.717) is 6.04 Å². The SMILES string of the molecule is CN1CCC(N2CCCC(NC(=O)c3ccc(N4CCOCC4)cc3)C2)CC1. The van der Waals surface area contributed by atoms with E-state index in [1.54, 1.807) is 0 Å². The number of ether oxygens (including phenoxy) is 1. The molecule has 0 saturated carbocycles. The van der Waals surface area contributed by atoms with Crippen molar-refractivity contribution in [2.75, 3.05) is 64.4 Å². The number of carbonyl (C=O) groups is 1. The summed E-state index contributed by atoms with van der Waals surface area (Å²) in [5.74, 6) is 0.0590. The molecule has 6 nitrogen and oxygen atoms in total. The molecule has 0 bridgehead atoms. The van der Waals surface area contributed by atoms with Gasteiger partial charge in [0.05, 0.1) is 13.2 Å². The van der Waals surface area contributed by atoms with Gasteiger partial charge in [0.2, 0.25) is 0 Å². The summed E-state index contributed by atoms with van der Waals surface area (Å²) in [5.41, 5.74) is 1.93. The Morgan fingerprint density at radius 3 is 2.43 bits per heavy atom. The zero-order valence-corrected chi connectivity index (χ0v) is 17.1. The van der Waals surface area contributed by atoms with E-state index in [1.807, 2.05) is 12.1 Å². The molecule has 1 amide bonds. The fourth-order valence-corrected chi connectivity index (χ4v) is 4.73. The van der Waals surface area contributed by atoms with Gasteiger partial charge in [-0.2, -0.15) is 0 Å². The Balaban J connectivity index is 1.30. The Morgan fingerprint density at radius 2 is 1.71 bits per heavy atom. The standard InChI is InChI=1S/C22H34N4O2/c1-24-11-8-21(9-12-24)26-10-2-3-19(17-26)23-22(27)18-4-6-20(7-5-18)25-13-15-28-16-14-25/h4-7,19,21H,2-3,8-17H2,1H3,(H,23,27). The summed E-state index contributed by atoms with van der Waals surface area (Å²) in [6.45, 7) is 7.93. The molecule has 28 heavy (non-hydrogen) atoms. The molecule has 3 fully saturated rings. The maximum absolute atomic E-state index is 12.8. The average molecular weight is 387 g/mol. The van der Waals surface area contributed by atoms with Crippen LogP contribution in [0.5, 0.6) is 0 Å². The van der Waals surface area contributed by atoms with Crippen molar-refractivity contribution in [1.29, 1.82) is 0 Å². The third-order valence-electron chi connectivity index (χ3n) is 6.50. The highest BCUT2D eigenvalue weighted by Gasteiger charge is 2.28. The van der Waals surface area contributed by atoms with Crippen LogP contribution in [0.1, 0.15) is 36.0 Å². The number of piperidine rings is 2. The number of rotatable bonds is 4. The third-order valence-corrected chi connectivity index (χ3v) is 6.50. The highest BCUT2D eigenvalue weighted by molar-refractivity contribution is 5.94. The number of nitrogens with one attached hydrogen (secondary N) is 1. The highest BCUT2D eigenvalue weighted by atomic mass is 16.5. The predicted molar refractivity (Wildman–Crippen MR) is 112 cm³/mol. The van der Waals surface area contributed by atoms with E-state index in [1.165, 1.54) is 44.6 Å². The Bertz CT molecular complexity index is 636. The van der Waals surface area contributed by atoms with Crippen LogP contribution in [0.15, 0.2) is 24.3 Å². The van der Waals surface area contributed by atoms with Crippen molar-refractivity contribution in [3.8, 4) is 0 Å². The molecule has 0 aromatic heterocycles. The molecule has 1 atom stereocenters. The number of carbonyl (C=O) groups excluding carboxylic acids is 1. The topological polar surface area (TPSA) is 48.0 Å². The molecular formula is C22H34N4O2. The number of anilines is 1. The van der Waals surface area contributed by atoms with E-state index < -0.39 is 0 Å². The molecule has 3 aliphatic heterocycles. The molecular weight excluding hydrogens is 352 g/mol. The minimum absolute atomic E-state index is 0.0590. The number of hydrogen-bond donors (Lipinski definition) is 1. The zero-order chi connectivity index (χ0) is 19.3. The van der Waals surface area contributed by atoms with Crippen LogP contribution in [0.25, 0.3) is 0 Å². The van der Waals surface area contributed by atoms with E-state index in [2.05, 4.69) is 39.2 Å². The number of benzene rings is 1. The Labute approximate surface area is 168 Å². The lowest BCUT2D eigenvalue weighted by atomic mass is 9.98. The molecule has 3 aliphatic rings. The van der Waals surface area contributed by atoms with Gasteiger partial charge in [-0.3, -0.25) is 9.69 Å². The van der Waals surface area contributed by atoms with Gasteiger partial charge in [-0.25, -0.2) is 0 Å². The fraction of sp³-hybridized carbons (Fsp3) is 0.682. The smallest absolute Gasteiger partial charge is 0.251 e. The maximum atomic E-state index is 12.8. The summed E-state index contributed by atoms with van der Waals surface area (Å²) >= 11 is 0. The van der Waals surface area contributed by atoms with E-state index >= 15 is 0 Å². The van der Waals surface area contributed by atoms with E-state index in [-0.39, 0.29) is 11.9 Å². The lowest BCUT2D eigenvalue weighted by Crippen LogP contribution is -2.53. The van der Waals surface area contributed by atoms with Crippen LogP contribution in [0.4, 0.5) is 5.69 Å². The van der Waals surface area contributed by atoms with Crippen LogP contribution in [-0.4, -0.2) is 87.3 Å². The monoisotopic (exact) mass is 386 g/mol. The lowest BCUT2D eigenvalue weighted by Gasteiger charge is -2.41. The zero-order valence-electron chi connectivity index (χ0n) is 17.1. The molecule has 0 spiro atoms. The first kappa shape index (κ1) is 19.7. The van der Waals surface area contributed by atoms with E-state index in [9.17, 15) is 4.79 Å². The van der Waals surface area contributed by atoms with Gasteiger partial charge in [-0.05, 0) is 76.6 Å². The summed E-state index contributed by atoms with van der Waals surface area (Å²) in [5, 5.41) is 3.29. The predicted octanol–water partition coefficient (Wildman–Crippen LogP) is 1.81. The summed E-state index contributed by atoms with van der Waals surface area (Å²) in [6.07, 6.45) is 4.76. The first-order valence-corrected chi connectivity index (χ1v) is 10.9. The molecule has 154 valence electrons. The van der Waals surface area contributed by atoms with Crippen molar-refractivity contribution in [2.24, 2.45) is 0 Å². The molecule has 1 aromatic rings. The van der Waals surface area contributed by atoms with Crippen molar-refractivity contribution in [2.45, 2.75) is 37.8 Å². The van der Waals surface area contributed by atoms with Crippen molar-refractivity contribution in [1.82, 2.24) is 15.1 Å². The average Bonchev–Trinajstić information content (AvgIpc) is 2.75. The molecule has 3 saturated heterocycles. The second kappa shape index (κ2) is 9.25. The van der Waals surface area contributed by atoms with Crippen LogP contribution in [-0.2, 0) is 4.74 Å². The summed E-state index contributed by atoms with van der Waals surface area (Å²) in [6, 6.07) is 8.98. The highest BCUT2D eigenvalue weighted by Crippen LogP contribution is 2.21. The first-order chi connectivity index (χ1) is 13.7. The number of nitrogens with zero attached hydrogens (tertiary/aromatic N) is 3. The van der Waals surface area contributed by atoms with E-state index in [0.717, 1.165) is 44.8 Å². The summed E-state index contributed by atoms with van der Waals surface area (Å²) < 4.78 is 5.41. The molecule has 1 unspecified atom stereocenters. The quantitative estimate of drug-likeness (QED) is 0.855. The largest absolute Gasteiger partial charge is 0.378 e. The first-order valence-electron chi connectivity index (χ1n) is 10.9. The summed E-state index contributed by atoms with van der Waals surface area (Å²) in [7, 11) is 2.21. The van der Waals surface area contributed by atoms with Crippen LogP contribution >= 0.6 is 0 Å². The van der Waals surface area contributed by atoms with Gasteiger partial charge in [0.1, 0.15) is 0 Å². The number of likely N-dealkylation sites (tertiary alicyclic amines) is 2. The normalized spacial score (nSPS) is 25.6. The third kappa shape index (κ3) is 4.85. The number of morpholine rings is 1. The van der Waals surface area contributed by atoms with Gasteiger partial charge in [-0.1, -0.05) is 0 Å². The molecule has 6 heteroatoms. The van der Waals surface area contributed by atoms with Gasteiger partial charge in [0.15, 0.2) is 0 Å². The van der Waals surface area contributed by atoms with Crippen molar-refractivity contribution >= 4 is 11.6 Å². The Kier molecular flexibility index (Phi) is 6.50. The van der Waals surface area contributed by atoms with Crippen molar-refractivity contribution in [3.05, 3.63) is 29.8 Å². The second-order valence-electron chi connectivity index (χ2n) is 8.49. The van der Waals surface area contributed by atoms with Crippen LogP contribution < -0.4 is 10.2 Å². The van der Waals surface area contributed by atoms with E-state index in [4.69, 9.17) is 4.74 Å². The molecule has 1 N–H and O–H groups in total. The molecule has 4 rings (SSSR count). The molecule has 1 aromatic carbocycles. The van der Waals surface area contributed by atoms with Crippen LogP contribution in [0, 0.1) is 0 Å². The molecule has 0 aliphatic carbocycles. The lowest BCUT2D eigenvalue weighted by molar-refractivity contribution is 0.0766. The maximum Gasteiger partial charge on any atom is 0.251 e.